The Bertz CT molecular complexity index is 1870. The Hall–Kier alpha value is -5.75. The summed E-state index contributed by atoms with van der Waals surface area (Å²) in [5.74, 6) is -1.29. The Labute approximate surface area is 308 Å². The van der Waals surface area contributed by atoms with Crippen LogP contribution in [0.3, 0.4) is 0 Å². The highest BCUT2D eigenvalue weighted by Gasteiger charge is 2.28. The second kappa shape index (κ2) is 19.7. The number of carbonyl (C=O) groups excluding carboxylic acids is 1. The van der Waals surface area contributed by atoms with Crippen LogP contribution in [0.2, 0.25) is 0 Å². The number of carboxylic acid groups (broad SMARTS) is 2. The third kappa shape index (κ3) is 11.6. The van der Waals surface area contributed by atoms with Gasteiger partial charge in [-0.2, -0.15) is 0 Å². The van der Waals surface area contributed by atoms with E-state index < -0.39 is 24.6 Å². The van der Waals surface area contributed by atoms with Crippen LogP contribution in [0, 0.1) is 0 Å². The van der Waals surface area contributed by atoms with Crippen LogP contribution in [0.25, 0.3) is 40.0 Å². The molecule has 2 heterocycles. The average Bonchev–Trinajstić information content (AvgIpc) is 3.85. The van der Waals surface area contributed by atoms with E-state index in [9.17, 15) is 19.5 Å². The number of carboxylic acids is 2. The maximum absolute atomic E-state index is 12.4. The van der Waals surface area contributed by atoms with Crippen LogP contribution in [0.1, 0.15) is 69.4 Å². The lowest BCUT2D eigenvalue weighted by molar-refractivity contribution is -0.148. The number of benzene rings is 3. The van der Waals surface area contributed by atoms with Gasteiger partial charge in [-0.05, 0) is 47.9 Å². The first kappa shape index (κ1) is 38.5. The summed E-state index contributed by atoms with van der Waals surface area (Å²) in [6, 6.07) is 22.2. The van der Waals surface area contributed by atoms with E-state index in [1.54, 1.807) is 18.2 Å². The first-order valence-electron chi connectivity index (χ1n) is 18.1. The fourth-order valence-electron chi connectivity index (χ4n) is 5.78. The Morgan fingerprint density at radius 1 is 0.849 bits per heavy atom. The van der Waals surface area contributed by atoms with E-state index in [4.69, 9.17) is 24.4 Å². The lowest BCUT2D eigenvalue weighted by atomic mass is 10.0. The molecule has 3 aromatic carbocycles. The highest BCUT2D eigenvalue weighted by atomic mass is 16.7. The van der Waals surface area contributed by atoms with Gasteiger partial charge in [-0.15, -0.1) is 0 Å². The quantitative estimate of drug-likeness (QED) is 0.0507. The lowest BCUT2D eigenvalue weighted by Gasteiger charge is -2.06. The molecule has 1 aliphatic heterocycles. The summed E-state index contributed by atoms with van der Waals surface area (Å²) < 4.78 is 11.0. The Morgan fingerprint density at radius 2 is 1.51 bits per heavy atom. The van der Waals surface area contributed by atoms with Crippen molar-refractivity contribution in [2.75, 3.05) is 26.4 Å². The summed E-state index contributed by atoms with van der Waals surface area (Å²) in [5.41, 5.74) is 6.03. The minimum Gasteiger partial charge on any atom is -0.482 e. The molecular formula is C41H46N4O8. The zero-order chi connectivity index (χ0) is 37.4. The standard InChI is InChI=1S/C41H46N4O8/c1-2-3-4-5-6-7-8-24-51-25-23-42-36(46)22-11-28-9-12-30(13-10-28)38-39(31-18-20-33(21-19-31)52-27-37(47)48)44-40(43-38)32-16-14-29(15-17-32)34-26-35(41(49)50)53-45-34/h9-22,35H,2-8,23-27H2,1H3,(H,42,46)(H,43,44)(H,47,48)(H,49,50)/b22-11+. The SMILES string of the molecule is CCCCCCCCCOCCNC(=O)/C=C/c1ccc(-c2[nH]c(-c3ccc(C4=NOC(C(=O)O)C4)cc3)nc2-c2ccc(OCC(=O)O)cc2)cc1. The van der Waals surface area contributed by atoms with E-state index in [2.05, 4.69) is 22.4 Å². The van der Waals surface area contributed by atoms with Crippen molar-refractivity contribution in [3.05, 3.63) is 90.0 Å². The van der Waals surface area contributed by atoms with Crippen molar-refractivity contribution in [3.8, 4) is 39.7 Å². The number of amides is 1. The molecule has 4 N–H and O–H groups in total. The van der Waals surface area contributed by atoms with Crippen LogP contribution in [0.5, 0.6) is 5.75 Å². The summed E-state index contributed by atoms with van der Waals surface area (Å²) in [7, 11) is 0. The zero-order valence-electron chi connectivity index (χ0n) is 29.9. The van der Waals surface area contributed by atoms with Crippen LogP contribution in [-0.4, -0.2) is 76.2 Å². The van der Waals surface area contributed by atoms with Gasteiger partial charge in [0.25, 0.3) is 0 Å². The predicted octanol–water partition coefficient (Wildman–Crippen LogP) is 7.35. The van der Waals surface area contributed by atoms with E-state index in [0.717, 1.165) is 39.9 Å². The molecule has 0 saturated carbocycles. The van der Waals surface area contributed by atoms with Crippen molar-refractivity contribution in [1.29, 1.82) is 0 Å². The number of nitrogens with zero attached hydrogens (tertiary/aromatic N) is 2. The largest absolute Gasteiger partial charge is 0.482 e. The molecule has 4 aromatic rings. The first-order chi connectivity index (χ1) is 25.8. The summed E-state index contributed by atoms with van der Waals surface area (Å²) >= 11 is 0. The number of ether oxygens (including phenoxy) is 2. The van der Waals surface area contributed by atoms with Gasteiger partial charge in [0.05, 0.1) is 23.7 Å². The van der Waals surface area contributed by atoms with E-state index >= 15 is 0 Å². The summed E-state index contributed by atoms with van der Waals surface area (Å²) in [6.07, 6.45) is 11.1. The van der Waals surface area contributed by atoms with Crippen molar-refractivity contribution >= 4 is 29.6 Å². The lowest BCUT2D eigenvalue weighted by Crippen LogP contribution is -2.25. The van der Waals surface area contributed by atoms with E-state index in [1.807, 2.05) is 60.7 Å². The number of nitrogens with one attached hydrogen (secondary N) is 2. The molecule has 1 unspecified atom stereocenters. The van der Waals surface area contributed by atoms with Gasteiger partial charge in [-0.1, -0.05) is 99.1 Å². The van der Waals surface area contributed by atoms with Crippen LogP contribution >= 0.6 is 0 Å². The number of aliphatic carboxylic acids is 2. The van der Waals surface area contributed by atoms with E-state index in [0.29, 0.717) is 42.7 Å². The molecule has 12 heteroatoms. The number of aromatic amines is 1. The van der Waals surface area contributed by atoms with Crippen LogP contribution in [0.4, 0.5) is 0 Å². The first-order valence-corrected chi connectivity index (χ1v) is 18.1. The monoisotopic (exact) mass is 722 g/mol. The van der Waals surface area contributed by atoms with Crippen LogP contribution < -0.4 is 10.1 Å². The Morgan fingerprint density at radius 3 is 2.19 bits per heavy atom. The predicted molar refractivity (Wildman–Crippen MR) is 203 cm³/mol. The highest BCUT2D eigenvalue weighted by molar-refractivity contribution is 6.03. The number of rotatable bonds is 21. The topological polar surface area (TPSA) is 172 Å². The number of carbonyl (C=O) groups is 3. The van der Waals surface area contributed by atoms with Gasteiger partial charge >= 0.3 is 11.9 Å². The number of hydrogen-bond acceptors (Lipinski definition) is 8. The van der Waals surface area contributed by atoms with Gasteiger partial charge in [0, 0.05) is 42.3 Å². The second-order valence-electron chi connectivity index (χ2n) is 12.7. The van der Waals surface area contributed by atoms with Gasteiger partial charge in [0.1, 0.15) is 11.6 Å². The van der Waals surface area contributed by atoms with Crippen LogP contribution in [-0.2, 0) is 24.0 Å². The van der Waals surface area contributed by atoms with E-state index in [-0.39, 0.29) is 12.3 Å². The van der Waals surface area contributed by atoms with Crippen molar-refractivity contribution in [3.63, 3.8) is 0 Å². The maximum atomic E-state index is 12.4. The zero-order valence-corrected chi connectivity index (χ0v) is 29.9. The fraction of sp³-hybridized carbons (Fsp3) is 0.341. The number of unbranched alkanes of at least 4 members (excludes halogenated alkanes) is 6. The molecule has 1 aliphatic rings. The number of hydrogen-bond donors (Lipinski definition) is 4. The highest BCUT2D eigenvalue weighted by Crippen LogP contribution is 2.34. The molecule has 1 aromatic heterocycles. The summed E-state index contributed by atoms with van der Waals surface area (Å²) in [4.78, 5) is 48.1. The molecule has 5 rings (SSSR count). The summed E-state index contributed by atoms with van der Waals surface area (Å²) in [5, 5.41) is 25.0. The van der Waals surface area contributed by atoms with Gasteiger partial charge in [0.15, 0.2) is 6.61 Å². The molecule has 53 heavy (non-hydrogen) atoms. The van der Waals surface area contributed by atoms with E-state index in [1.165, 1.54) is 44.6 Å². The van der Waals surface area contributed by atoms with Gasteiger partial charge in [0.2, 0.25) is 12.0 Å². The number of oxime groups is 1. The molecular weight excluding hydrogens is 676 g/mol. The molecule has 0 radical (unpaired) electrons. The smallest absolute Gasteiger partial charge is 0.348 e. The minimum atomic E-state index is -1.06. The molecule has 1 amide bonds. The number of H-pyrrole nitrogens is 1. The van der Waals surface area contributed by atoms with Gasteiger partial charge in [-0.25, -0.2) is 14.6 Å². The average molecular weight is 723 g/mol. The number of imidazole rings is 1. The molecule has 278 valence electrons. The van der Waals surface area contributed by atoms with Gasteiger partial charge < -0.3 is 34.8 Å². The minimum absolute atomic E-state index is 0.181. The molecule has 12 nitrogen and oxygen atoms in total. The molecule has 0 saturated heterocycles. The molecule has 1 atom stereocenters. The molecule has 0 spiro atoms. The Balaban J connectivity index is 1.23. The normalized spacial score (nSPS) is 13.8. The Kier molecular flexibility index (Phi) is 14.3. The maximum Gasteiger partial charge on any atom is 0.348 e. The van der Waals surface area contributed by atoms with Gasteiger partial charge in [-0.3, -0.25) is 4.79 Å². The molecule has 0 aliphatic carbocycles. The third-order valence-electron chi connectivity index (χ3n) is 8.69. The second-order valence-corrected chi connectivity index (χ2v) is 12.7. The molecule has 0 fully saturated rings. The van der Waals surface area contributed by atoms with Crippen molar-refractivity contribution in [2.24, 2.45) is 5.16 Å². The number of aromatic nitrogens is 2. The fourth-order valence-corrected chi connectivity index (χ4v) is 5.78. The van der Waals surface area contributed by atoms with Crippen LogP contribution in [0.15, 0.2) is 84.0 Å². The van der Waals surface area contributed by atoms with Crippen molar-refractivity contribution in [2.45, 2.75) is 64.4 Å². The van der Waals surface area contributed by atoms with Crippen molar-refractivity contribution in [1.82, 2.24) is 15.3 Å². The van der Waals surface area contributed by atoms with Crippen molar-refractivity contribution < 1.29 is 38.9 Å². The third-order valence-corrected chi connectivity index (χ3v) is 8.69. The summed E-state index contributed by atoms with van der Waals surface area (Å²) in [6.45, 7) is 3.43. The molecule has 0 bridgehead atoms.